The van der Waals surface area contributed by atoms with Gasteiger partial charge < -0.3 is 24.9 Å². The molecule has 12 atom stereocenters. The Kier molecular flexibility index (Phi) is 8.84. The minimum atomic E-state index is -0.610. The van der Waals surface area contributed by atoms with Crippen molar-refractivity contribution in [2.24, 2.45) is 68.3 Å². The second-order valence-corrected chi connectivity index (χ2v) is 19.3. The van der Waals surface area contributed by atoms with Crippen LogP contribution in [-0.2, 0) is 14.3 Å². The smallest absolute Gasteiger partial charge is 0.307 e. The lowest BCUT2D eigenvalue weighted by Crippen LogP contribution is -2.69. The largest absolute Gasteiger partial charge is 0.481 e. The molecule has 4 aliphatic carbocycles. The third-order valence-corrected chi connectivity index (χ3v) is 16.6. The van der Waals surface area contributed by atoms with Crippen LogP contribution in [0.1, 0.15) is 114 Å². The van der Waals surface area contributed by atoms with Crippen LogP contribution in [0.2, 0.25) is 0 Å². The van der Waals surface area contributed by atoms with Crippen LogP contribution >= 0.6 is 15.9 Å². The zero-order chi connectivity index (χ0) is 34.5. The van der Waals surface area contributed by atoms with Crippen molar-refractivity contribution < 1.29 is 19.4 Å². The molecule has 4 fully saturated rings. The summed E-state index contributed by atoms with van der Waals surface area (Å²) in [4.78, 5) is 18.0. The average Bonchev–Trinajstić information content (AvgIpc) is 3.41. The number of carboxylic acids is 1. The highest BCUT2D eigenvalue weighted by molar-refractivity contribution is 9.10. The highest BCUT2D eigenvalue weighted by Crippen LogP contribution is 2.75. The number of aromatic nitrogens is 2. The van der Waals surface area contributed by atoms with Crippen molar-refractivity contribution in [1.29, 1.82) is 0 Å². The number of halogens is 1. The highest BCUT2D eigenvalue weighted by atomic mass is 79.9. The first-order valence-electron chi connectivity index (χ1n) is 18.4. The summed E-state index contributed by atoms with van der Waals surface area (Å²) in [6.45, 7) is 24.6. The van der Waals surface area contributed by atoms with Crippen LogP contribution in [0.15, 0.2) is 28.8 Å². The molecule has 47 heavy (non-hydrogen) atoms. The number of imidazole rings is 1. The molecule has 0 spiro atoms. The molecule has 6 rings (SSSR count). The van der Waals surface area contributed by atoms with E-state index in [0.29, 0.717) is 43.5 Å². The Labute approximate surface area is 292 Å². The van der Waals surface area contributed by atoms with Gasteiger partial charge in [0.25, 0.3) is 0 Å². The summed E-state index contributed by atoms with van der Waals surface area (Å²) in [5.41, 5.74) is 6.87. The number of nitrogens with two attached hydrogens (primary N) is 1. The van der Waals surface area contributed by atoms with E-state index in [2.05, 4.69) is 107 Å². The Hall–Kier alpha value is -1.22. The maximum atomic E-state index is 13.4. The molecular weight excluding hydrogens is 654 g/mol. The number of hydrogen-bond acceptors (Lipinski definition) is 5. The Balaban J connectivity index is 1.45. The lowest BCUT2D eigenvalue weighted by atomic mass is 9.34. The summed E-state index contributed by atoms with van der Waals surface area (Å²) in [5.74, 6) is 0.794. The molecule has 5 aliphatic rings. The monoisotopic (exact) mass is 715 g/mol. The summed E-state index contributed by atoms with van der Waals surface area (Å²) in [6, 6.07) is 0.0639. The number of nitrogens with zero attached hydrogens (tertiary/aromatic N) is 2. The summed E-state index contributed by atoms with van der Waals surface area (Å²) >= 11 is 3.78. The van der Waals surface area contributed by atoms with Crippen molar-refractivity contribution in [3.05, 3.63) is 28.8 Å². The van der Waals surface area contributed by atoms with E-state index in [1.54, 1.807) is 5.57 Å². The van der Waals surface area contributed by atoms with E-state index in [1.807, 2.05) is 6.20 Å². The number of allylic oxidation sites excluding steroid dienone is 1. The van der Waals surface area contributed by atoms with Gasteiger partial charge in [0.15, 0.2) is 4.73 Å². The van der Waals surface area contributed by atoms with Gasteiger partial charge in [0.2, 0.25) is 0 Å². The van der Waals surface area contributed by atoms with Gasteiger partial charge in [0.1, 0.15) is 0 Å². The first-order chi connectivity index (χ1) is 21.8. The van der Waals surface area contributed by atoms with Gasteiger partial charge >= 0.3 is 5.97 Å². The third-order valence-electron chi connectivity index (χ3n) is 16.0. The van der Waals surface area contributed by atoms with E-state index in [0.717, 1.165) is 43.3 Å². The Bertz CT molecular complexity index is 1410. The van der Waals surface area contributed by atoms with E-state index in [9.17, 15) is 9.90 Å². The van der Waals surface area contributed by atoms with Crippen molar-refractivity contribution in [2.75, 3.05) is 19.8 Å². The molecule has 1 aromatic rings. The maximum Gasteiger partial charge on any atom is 0.307 e. The van der Waals surface area contributed by atoms with E-state index in [4.69, 9.17) is 15.2 Å². The van der Waals surface area contributed by atoms with E-state index in [1.165, 1.54) is 0 Å². The molecule has 7 nitrogen and oxygen atoms in total. The van der Waals surface area contributed by atoms with Crippen LogP contribution in [0.5, 0.6) is 0 Å². The molecule has 1 aromatic heterocycles. The van der Waals surface area contributed by atoms with Crippen molar-refractivity contribution in [1.82, 2.24) is 9.55 Å². The summed E-state index contributed by atoms with van der Waals surface area (Å²) < 4.78 is 16.9. The molecule has 3 N–H and O–H groups in total. The van der Waals surface area contributed by atoms with Gasteiger partial charge in [-0.05, 0) is 107 Å². The average molecular weight is 717 g/mol. The zero-order valence-electron chi connectivity index (χ0n) is 30.7. The number of carboxylic acid groups (broad SMARTS) is 1. The SMILES string of the molecule is CC(C)[C@@H](C)[C@@]1(C)CC[C@]2(C)[C@H]3CC[C@H]4C5(C)COC[C@@]4(C[C@@H](n4ccnc4Br)[C@@H]5OC[C@](C)(N)C(C)C)C3=CC[C@@]2(C)[C@@H]1C(=O)O. The third kappa shape index (κ3) is 4.94. The fourth-order valence-corrected chi connectivity index (χ4v) is 12.6. The van der Waals surface area contributed by atoms with E-state index >= 15 is 0 Å². The normalized spacial score (nSPS) is 45.0. The van der Waals surface area contributed by atoms with Crippen molar-refractivity contribution in [3.8, 4) is 0 Å². The fourth-order valence-electron chi connectivity index (χ4n) is 12.1. The maximum absolute atomic E-state index is 13.4. The topological polar surface area (TPSA) is 99.6 Å². The molecule has 1 unspecified atom stereocenters. The van der Waals surface area contributed by atoms with Gasteiger partial charge in [-0.2, -0.15) is 0 Å². The molecule has 2 heterocycles. The number of aliphatic carboxylic acids is 1. The molecule has 1 saturated heterocycles. The second-order valence-electron chi connectivity index (χ2n) is 18.6. The first-order valence-corrected chi connectivity index (χ1v) is 19.2. The van der Waals surface area contributed by atoms with Crippen LogP contribution in [0.25, 0.3) is 0 Å². The van der Waals surface area contributed by atoms with Gasteiger partial charge in [-0.1, -0.05) is 74.0 Å². The van der Waals surface area contributed by atoms with Gasteiger partial charge in [-0.25, -0.2) is 4.98 Å². The number of hydrogen-bond donors (Lipinski definition) is 2. The minimum Gasteiger partial charge on any atom is -0.481 e. The van der Waals surface area contributed by atoms with Gasteiger partial charge in [-0.15, -0.1) is 0 Å². The van der Waals surface area contributed by atoms with Crippen LogP contribution < -0.4 is 5.73 Å². The molecule has 1 aliphatic heterocycles. The predicted molar refractivity (Wildman–Crippen MR) is 190 cm³/mol. The molecule has 264 valence electrons. The fraction of sp³-hybridized carbons (Fsp3) is 0.846. The van der Waals surface area contributed by atoms with E-state index < -0.39 is 17.4 Å². The lowest BCUT2D eigenvalue weighted by molar-refractivity contribution is -0.252. The van der Waals surface area contributed by atoms with Gasteiger partial charge in [0, 0.05) is 28.8 Å². The lowest BCUT2D eigenvalue weighted by Gasteiger charge is -2.71. The highest BCUT2D eigenvalue weighted by Gasteiger charge is 2.72. The van der Waals surface area contributed by atoms with E-state index in [-0.39, 0.29) is 45.1 Å². The van der Waals surface area contributed by atoms with Gasteiger partial charge in [-0.3, -0.25) is 4.79 Å². The van der Waals surface area contributed by atoms with Crippen molar-refractivity contribution in [3.63, 3.8) is 0 Å². The second kappa shape index (κ2) is 11.7. The molecule has 0 amide bonds. The zero-order valence-corrected chi connectivity index (χ0v) is 32.3. The number of ether oxygens (including phenoxy) is 2. The van der Waals surface area contributed by atoms with Crippen LogP contribution in [0.3, 0.4) is 0 Å². The molecule has 0 aromatic carbocycles. The number of carbonyl (C=O) groups is 1. The minimum absolute atomic E-state index is 0.0639. The summed E-state index contributed by atoms with van der Waals surface area (Å²) in [7, 11) is 0. The molecule has 8 heteroatoms. The van der Waals surface area contributed by atoms with Crippen molar-refractivity contribution in [2.45, 2.75) is 125 Å². The summed E-state index contributed by atoms with van der Waals surface area (Å²) in [6.07, 6.45) is 12.3. The molecule has 3 saturated carbocycles. The predicted octanol–water partition coefficient (Wildman–Crippen LogP) is 8.53. The van der Waals surface area contributed by atoms with Crippen LogP contribution in [0, 0.1) is 62.6 Å². The molecular formula is C39H62BrN3O4. The van der Waals surface area contributed by atoms with Crippen molar-refractivity contribution >= 4 is 21.9 Å². The molecule has 2 bridgehead atoms. The van der Waals surface area contributed by atoms with Gasteiger partial charge in [0.05, 0.1) is 37.9 Å². The first kappa shape index (κ1) is 35.6. The Morgan fingerprint density at radius 3 is 2.45 bits per heavy atom. The Morgan fingerprint density at radius 2 is 1.85 bits per heavy atom. The molecule has 0 radical (unpaired) electrons. The Morgan fingerprint density at radius 1 is 1.15 bits per heavy atom. The van der Waals surface area contributed by atoms with Crippen LogP contribution in [-0.4, -0.2) is 52.1 Å². The quantitative estimate of drug-likeness (QED) is 0.262. The number of fused-ring (bicyclic) bond motifs is 3. The number of rotatable bonds is 8. The summed E-state index contributed by atoms with van der Waals surface area (Å²) in [5, 5.41) is 11.0. The standard InChI is InChI=1S/C39H62BrN3O4/c1-23(2)25(5)34(6)15-16-36(8)26-11-12-29-35(7)20-46-22-39(29,27(26)13-14-37(36,9)30(34)32(44)45)19-28(43-18-17-42-33(43)40)31(35)47-21-38(10,41)24(3)4/h13,17-18,23-26,28-31H,11-12,14-16,19-22,41H2,1-10H3,(H,44,45)/t25-,26+,28-,29+,30-,31+,34-,35?,36-,37+,38+,39+/m1/s1. The van der Waals surface area contributed by atoms with Crippen LogP contribution in [0.4, 0.5) is 0 Å².